The molecular formula is C24H24N4O2S. The summed E-state index contributed by atoms with van der Waals surface area (Å²) in [6.07, 6.45) is 3.47. The zero-order valence-electron chi connectivity index (χ0n) is 17.6. The van der Waals surface area contributed by atoms with E-state index in [1.54, 1.807) is 6.26 Å². The van der Waals surface area contributed by atoms with E-state index in [1.807, 2.05) is 73.0 Å². The third-order valence-corrected chi connectivity index (χ3v) is 6.13. The van der Waals surface area contributed by atoms with Gasteiger partial charge in [-0.3, -0.25) is 9.36 Å². The molecule has 0 aliphatic rings. The molecule has 3 heterocycles. The van der Waals surface area contributed by atoms with E-state index in [-0.39, 0.29) is 11.5 Å². The van der Waals surface area contributed by atoms with Crippen molar-refractivity contribution in [3.05, 3.63) is 90.2 Å². The molecule has 0 N–H and O–H groups in total. The third-order valence-electron chi connectivity index (χ3n) is 5.16. The summed E-state index contributed by atoms with van der Waals surface area (Å²) in [6.45, 7) is 9.01. The number of aryl methyl sites for hydroxylation is 1. The number of nitrogens with zero attached hydrogens (tertiary/aromatic N) is 4. The largest absolute Gasteiger partial charge is 0.467 e. The fourth-order valence-electron chi connectivity index (χ4n) is 3.58. The summed E-state index contributed by atoms with van der Waals surface area (Å²) >= 11 is 1.40. The molecule has 0 unspecified atom stereocenters. The van der Waals surface area contributed by atoms with Crippen LogP contribution in [0.25, 0.3) is 11.4 Å². The molecule has 3 aromatic heterocycles. The van der Waals surface area contributed by atoms with Crippen LogP contribution in [0.15, 0.2) is 77.0 Å². The van der Waals surface area contributed by atoms with E-state index in [2.05, 4.69) is 21.3 Å². The van der Waals surface area contributed by atoms with E-state index in [1.165, 1.54) is 11.8 Å². The maximum absolute atomic E-state index is 13.0. The highest BCUT2D eigenvalue weighted by Gasteiger charge is 2.19. The molecule has 158 valence electrons. The minimum atomic E-state index is 0.0678. The summed E-state index contributed by atoms with van der Waals surface area (Å²) in [5.74, 6) is 1.99. The van der Waals surface area contributed by atoms with Gasteiger partial charge in [-0.25, -0.2) is 0 Å². The molecule has 0 amide bonds. The van der Waals surface area contributed by atoms with E-state index in [4.69, 9.17) is 4.42 Å². The highest BCUT2D eigenvalue weighted by molar-refractivity contribution is 7.99. The number of hydrogen-bond donors (Lipinski definition) is 0. The third kappa shape index (κ3) is 4.41. The molecule has 0 fully saturated rings. The maximum Gasteiger partial charge on any atom is 0.192 e. The first-order valence-electron chi connectivity index (χ1n) is 10.0. The van der Waals surface area contributed by atoms with Crippen LogP contribution in [0, 0.1) is 13.8 Å². The van der Waals surface area contributed by atoms with Crippen LogP contribution in [0.5, 0.6) is 0 Å². The number of carbonyl (C=O) groups excluding carboxylic acids is 1. The number of ketones is 1. The molecule has 0 spiro atoms. The summed E-state index contributed by atoms with van der Waals surface area (Å²) in [6, 6.07) is 15.7. The molecular weight excluding hydrogens is 408 g/mol. The number of hydrogen-bond acceptors (Lipinski definition) is 5. The van der Waals surface area contributed by atoms with Crippen LogP contribution in [0.4, 0.5) is 0 Å². The van der Waals surface area contributed by atoms with Crippen molar-refractivity contribution in [3.8, 4) is 11.4 Å². The van der Waals surface area contributed by atoms with Gasteiger partial charge in [-0.1, -0.05) is 48.2 Å². The van der Waals surface area contributed by atoms with Crippen molar-refractivity contribution in [2.75, 3.05) is 5.75 Å². The van der Waals surface area contributed by atoms with Gasteiger partial charge >= 0.3 is 0 Å². The zero-order valence-corrected chi connectivity index (χ0v) is 18.4. The van der Waals surface area contributed by atoms with E-state index < -0.39 is 0 Å². The van der Waals surface area contributed by atoms with E-state index in [0.29, 0.717) is 18.2 Å². The Hall–Kier alpha value is -3.32. The Bertz CT molecular complexity index is 1190. The van der Waals surface area contributed by atoms with Gasteiger partial charge in [0, 0.05) is 29.1 Å². The molecule has 4 aromatic rings. The van der Waals surface area contributed by atoms with Crippen LogP contribution >= 0.6 is 11.8 Å². The molecule has 7 heteroatoms. The lowest BCUT2D eigenvalue weighted by molar-refractivity contribution is 0.102. The maximum atomic E-state index is 13.0. The van der Waals surface area contributed by atoms with Crippen LogP contribution in [-0.2, 0) is 13.1 Å². The standard InChI is InChI=1S/C24H24N4O2S/c1-4-12-27-23(19-9-6-5-7-10-19)25-26-24(27)31-16-22(29)21-14-17(2)28(18(21)3)15-20-11-8-13-30-20/h4-11,13-14H,1,12,15-16H2,2-3H3. The van der Waals surface area contributed by atoms with E-state index in [0.717, 1.165) is 34.1 Å². The van der Waals surface area contributed by atoms with Crippen molar-refractivity contribution in [1.29, 1.82) is 0 Å². The molecule has 4 rings (SSSR count). The molecule has 0 radical (unpaired) electrons. The van der Waals surface area contributed by atoms with Crippen LogP contribution in [0.3, 0.4) is 0 Å². The fourth-order valence-corrected chi connectivity index (χ4v) is 4.41. The highest BCUT2D eigenvalue weighted by Crippen LogP contribution is 2.26. The van der Waals surface area contributed by atoms with Gasteiger partial charge in [0.25, 0.3) is 0 Å². The lowest BCUT2D eigenvalue weighted by atomic mass is 10.2. The Balaban J connectivity index is 1.52. The average Bonchev–Trinajstić information content (AvgIpc) is 3.50. The summed E-state index contributed by atoms with van der Waals surface area (Å²) in [7, 11) is 0. The predicted molar refractivity (Wildman–Crippen MR) is 122 cm³/mol. The van der Waals surface area contributed by atoms with Gasteiger partial charge in [0.2, 0.25) is 0 Å². The van der Waals surface area contributed by atoms with Gasteiger partial charge in [0.05, 0.1) is 18.6 Å². The second kappa shape index (κ2) is 9.22. The van der Waals surface area contributed by atoms with Gasteiger partial charge in [-0.05, 0) is 32.0 Å². The summed E-state index contributed by atoms with van der Waals surface area (Å²) in [5, 5.41) is 9.39. The first-order valence-corrected chi connectivity index (χ1v) is 11.0. The zero-order chi connectivity index (χ0) is 21.8. The van der Waals surface area contributed by atoms with E-state index >= 15 is 0 Å². The van der Waals surface area contributed by atoms with Crippen molar-refractivity contribution >= 4 is 17.5 Å². The molecule has 0 atom stereocenters. The van der Waals surface area contributed by atoms with Gasteiger partial charge in [0.1, 0.15) is 5.76 Å². The topological polar surface area (TPSA) is 65.8 Å². The lowest BCUT2D eigenvalue weighted by Gasteiger charge is -2.08. The number of thioether (sulfide) groups is 1. The second-order valence-electron chi connectivity index (χ2n) is 7.23. The number of carbonyl (C=O) groups is 1. The van der Waals surface area contributed by atoms with E-state index in [9.17, 15) is 4.79 Å². The molecule has 1 aromatic carbocycles. The summed E-state index contributed by atoms with van der Waals surface area (Å²) in [4.78, 5) is 13.0. The van der Waals surface area contributed by atoms with Crippen molar-refractivity contribution < 1.29 is 9.21 Å². The smallest absolute Gasteiger partial charge is 0.192 e. The van der Waals surface area contributed by atoms with Gasteiger partial charge in [-0.15, -0.1) is 16.8 Å². The first-order chi connectivity index (χ1) is 15.1. The molecule has 31 heavy (non-hydrogen) atoms. The molecule has 0 saturated carbocycles. The van der Waals surface area contributed by atoms with Gasteiger partial charge in [0.15, 0.2) is 16.8 Å². The minimum Gasteiger partial charge on any atom is -0.467 e. The number of aromatic nitrogens is 4. The number of Topliss-reactive ketones (excluding diaryl/α,β-unsaturated/α-hetero) is 1. The normalized spacial score (nSPS) is 11.0. The van der Waals surface area contributed by atoms with Crippen molar-refractivity contribution in [2.24, 2.45) is 0 Å². The minimum absolute atomic E-state index is 0.0678. The van der Waals surface area contributed by atoms with Crippen LogP contribution in [0.2, 0.25) is 0 Å². The first kappa shape index (κ1) is 20.9. The average molecular weight is 433 g/mol. The lowest BCUT2D eigenvalue weighted by Crippen LogP contribution is -2.08. The second-order valence-corrected chi connectivity index (χ2v) is 8.18. The Morgan fingerprint density at radius 1 is 1.13 bits per heavy atom. The molecule has 0 bridgehead atoms. The van der Waals surface area contributed by atoms with Crippen LogP contribution in [-0.4, -0.2) is 30.9 Å². The Morgan fingerprint density at radius 3 is 2.65 bits per heavy atom. The Labute approximate surface area is 185 Å². The summed E-state index contributed by atoms with van der Waals surface area (Å²) in [5.41, 5.74) is 3.69. The number of furan rings is 1. The Kier molecular flexibility index (Phi) is 6.23. The number of rotatable bonds is 9. The molecule has 0 aliphatic heterocycles. The number of allylic oxidation sites excluding steroid dienone is 1. The van der Waals surface area contributed by atoms with Gasteiger partial charge < -0.3 is 8.98 Å². The molecule has 6 nitrogen and oxygen atoms in total. The Morgan fingerprint density at radius 2 is 1.94 bits per heavy atom. The van der Waals surface area contributed by atoms with Crippen molar-refractivity contribution in [2.45, 2.75) is 32.1 Å². The van der Waals surface area contributed by atoms with Crippen LogP contribution in [0.1, 0.15) is 27.5 Å². The molecule has 0 saturated heterocycles. The van der Waals surface area contributed by atoms with Crippen molar-refractivity contribution in [3.63, 3.8) is 0 Å². The molecule has 0 aliphatic carbocycles. The number of benzene rings is 1. The summed E-state index contributed by atoms with van der Waals surface area (Å²) < 4.78 is 9.55. The van der Waals surface area contributed by atoms with Crippen molar-refractivity contribution in [1.82, 2.24) is 19.3 Å². The highest BCUT2D eigenvalue weighted by atomic mass is 32.2. The van der Waals surface area contributed by atoms with Crippen LogP contribution < -0.4 is 0 Å². The monoisotopic (exact) mass is 432 g/mol. The van der Waals surface area contributed by atoms with Gasteiger partial charge in [-0.2, -0.15) is 0 Å². The SMILES string of the molecule is C=CCn1c(SCC(=O)c2cc(C)n(Cc3ccco3)c2C)nnc1-c1ccccc1. The fraction of sp³-hybridized carbons (Fsp3) is 0.208. The quantitative estimate of drug-likeness (QED) is 0.207. The predicted octanol–water partition coefficient (Wildman–Crippen LogP) is 5.17.